The van der Waals surface area contributed by atoms with Crippen LogP contribution >= 0.6 is 0 Å². The summed E-state index contributed by atoms with van der Waals surface area (Å²) in [6.45, 7) is 16.0. The second-order valence-corrected chi connectivity index (χ2v) is 8.77. The maximum absolute atomic E-state index is 14.1. The van der Waals surface area contributed by atoms with Gasteiger partial charge in [-0.25, -0.2) is 19.6 Å². The van der Waals surface area contributed by atoms with Gasteiger partial charge in [-0.3, -0.25) is 19.6 Å². The van der Waals surface area contributed by atoms with E-state index in [1.807, 2.05) is 60.7 Å². The third-order valence-electron chi connectivity index (χ3n) is 6.51. The summed E-state index contributed by atoms with van der Waals surface area (Å²) < 4.78 is 0. The van der Waals surface area contributed by atoms with E-state index in [1.54, 1.807) is 36.7 Å². The van der Waals surface area contributed by atoms with Crippen LogP contribution in [-0.2, 0) is 0 Å². The minimum absolute atomic E-state index is 0.129. The molecule has 0 unspecified atom stereocenters. The van der Waals surface area contributed by atoms with Gasteiger partial charge in [0.25, 0.3) is 11.6 Å². The van der Waals surface area contributed by atoms with Crippen LogP contribution in [0.5, 0.6) is 0 Å². The molecule has 2 aliphatic rings. The summed E-state index contributed by atoms with van der Waals surface area (Å²) in [6.07, 6.45) is 9.82. The van der Waals surface area contributed by atoms with E-state index in [0.29, 0.717) is 0 Å². The van der Waals surface area contributed by atoms with Crippen LogP contribution in [0, 0.1) is 0 Å². The Balaban J connectivity index is 2.09. The Morgan fingerprint density at radius 1 is 0.553 bits per heavy atom. The molecular formula is C30H32N6O2. The van der Waals surface area contributed by atoms with Gasteiger partial charge >= 0.3 is 12.1 Å². The van der Waals surface area contributed by atoms with Crippen molar-refractivity contribution in [2.45, 2.75) is 11.6 Å². The molecule has 0 aromatic heterocycles. The molecule has 2 fully saturated rings. The first-order valence-corrected chi connectivity index (χ1v) is 12.3. The van der Waals surface area contributed by atoms with Gasteiger partial charge in [-0.1, -0.05) is 85.0 Å². The third kappa shape index (κ3) is 4.04. The highest BCUT2D eigenvalue weighted by atomic mass is 16.2. The van der Waals surface area contributed by atoms with E-state index in [1.165, 1.54) is 19.6 Å². The molecule has 2 aromatic rings. The average Bonchev–Trinajstić information content (AvgIpc) is 3.25. The fraction of sp³-hybridized carbons (Fsp3) is 0.200. The number of rotatable bonds is 12. The van der Waals surface area contributed by atoms with Crippen molar-refractivity contribution in [2.75, 3.05) is 26.2 Å². The Labute approximate surface area is 223 Å². The highest BCUT2D eigenvalue weighted by Crippen LogP contribution is 2.53. The van der Waals surface area contributed by atoms with E-state index in [0.717, 1.165) is 11.1 Å². The molecule has 194 valence electrons. The van der Waals surface area contributed by atoms with Crippen molar-refractivity contribution in [3.8, 4) is 0 Å². The molecule has 0 spiro atoms. The number of benzene rings is 2. The van der Waals surface area contributed by atoms with Crippen molar-refractivity contribution in [1.82, 2.24) is 19.6 Å². The van der Waals surface area contributed by atoms with Gasteiger partial charge in [-0.05, 0) is 11.1 Å². The molecule has 0 saturated carbocycles. The van der Waals surface area contributed by atoms with Crippen LogP contribution in [0.15, 0.2) is 121 Å². The Kier molecular flexibility index (Phi) is 7.71. The molecule has 0 bridgehead atoms. The van der Waals surface area contributed by atoms with Crippen LogP contribution in [0.25, 0.3) is 0 Å². The molecule has 8 nitrogen and oxygen atoms in total. The van der Waals surface area contributed by atoms with Gasteiger partial charge in [0.05, 0.1) is 0 Å². The zero-order chi connectivity index (χ0) is 27.2. The number of carbonyl (C=O) groups is 2. The lowest BCUT2D eigenvalue weighted by atomic mass is 10.1. The molecule has 38 heavy (non-hydrogen) atoms. The van der Waals surface area contributed by atoms with Crippen LogP contribution in [0.1, 0.15) is 11.1 Å². The first kappa shape index (κ1) is 26.3. The molecule has 2 aromatic carbocycles. The molecule has 0 atom stereocenters. The fourth-order valence-corrected chi connectivity index (χ4v) is 5.04. The number of aliphatic imine (C=N–C) groups is 2. The smallest absolute Gasteiger partial charge is 0.273 e. The predicted octanol–water partition coefficient (Wildman–Crippen LogP) is 4.75. The maximum Gasteiger partial charge on any atom is 0.327 e. The van der Waals surface area contributed by atoms with Crippen LogP contribution in [0.3, 0.4) is 0 Å². The summed E-state index contributed by atoms with van der Waals surface area (Å²) in [6, 6.07) is 18.3. The van der Waals surface area contributed by atoms with Crippen molar-refractivity contribution in [3.05, 3.63) is 122 Å². The summed E-state index contributed by atoms with van der Waals surface area (Å²) in [4.78, 5) is 44.5. The van der Waals surface area contributed by atoms with Crippen molar-refractivity contribution in [3.63, 3.8) is 0 Å². The minimum atomic E-state index is -1.59. The molecule has 0 aliphatic carbocycles. The quantitative estimate of drug-likeness (QED) is 0.307. The van der Waals surface area contributed by atoms with E-state index >= 15 is 0 Å². The zero-order valence-corrected chi connectivity index (χ0v) is 21.4. The Morgan fingerprint density at radius 3 is 1.11 bits per heavy atom. The van der Waals surface area contributed by atoms with Gasteiger partial charge in [-0.2, -0.15) is 0 Å². The van der Waals surface area contributed by atoms with Crippen LogP contribution in [0.4, 0.5) is 9.59 Å². The van der Waals surface area contributed by atoms with Gasteiger partial charge in [0.15, 0.2) is 0 Å². The number of fused-ring (bicyclic) bond motifs is 1. The summed E-state index contributed by atoms with van der Waals surface area (Å²) in [5, 5.41) is 0. The lowest BCUT2D eigenvalue weighted by Gasteiger charge is -2.43. The predicted molar refractivity (Wildman–Crippen MR) is 152 cm³/mol. The maximum atomic E-state index is 14.1. The topological polar surface area (TPSA) is 71.8 Å². The molecular weight excluding hydrogens is 476 g/mol. The lowest BCUT2D eigenvalue weighted by molar-refractivity contribution is -0.0406. The van der Waals surface area contributed by atoms with Gasteiger partial charge in [0.2, 0.25) is 0 Å². The number of nitrogens with zero attached hydrogens (tertiary/aromatic N) is 6. The van der Waals surface area contributed by atoms with Gasteiger partial charge < -0.3 is 0 Å². The second-order valence-electron chi connectivity index (χ2n) is 8.77. The van der Waals surface area contributed by atoms with Crippen molar-refractivity contribution in [2.24, 2.45) is 9.98 Å². The monoisotopic (exact) mass is 508 g/mol. The first-order chi connectivity index (χ1) is 18.5. The Hall–Kier alpha value is -4.72. The van der Waals surface area contributed by atoms with Gasteiger partial charge in [0, 0.05) is 38.6 Å². The molecule has 0 N–H and O–H groups in total. The first-order valence-electron chi connectivity index (χ1n) is 12.3. The largest absolute Gasteiger partial charge is 0.327 e. The molecule has 2 heterocycles. The lowest BCUT2D eigenvalue weighted by Crippen LogP contribution is -2.66. The molecule has 0 radical (unpaired) electrons. The van der Waals surface area contributed by atoms with E-state index in [2.05, 4.69) is 26.3 Å². The Bertz CT molecular complexity index is 1130. The van der Waals surface area contributed by atoms with E-state index < -0.39 is 11.6 Å². The SMILES string of the molecule is C=CCN1C(=O)N(CC=C)C2(/N=C\c3ccccc3)N(CC=C)C(=O)N(CC=C)C12/N=C\c1ccccc1. The standard InChI is InChI=1S/C30H32N6O2/c1-5-19-33-27(37)34(20-6-2)30(32-24-26-17-13-10-14-18-26)29(33,31-23-25-15-11-9-12-16-25)35(21-7-3)28(38)36(30)22-8-4/h5-18,23-24H,1-4,19-22H2/b31-23-,32-24-. The molecule has 4 rings (SSSR count). The molecule has 2 saturated heterocycles. The highest BCUT2D eigenvalue weighted by Gasteiger charge is 2.79. The molecule has 4 amide bonds. The van der Waals surface area contributed by atoms with Gasteiger partial charge in [0.1, 0.15) is 0 Å². The fourth-order valence-electron chi connectivity index (χ4n) is 5.04. The molecule has 2 aliphatic heterocycles. The molecule has 8 heteroatoms. The van der Waals surface area contributed by atoms with Gasteiger partial charge in [-0.15, -0.1) is 26.3 Å². The second kappa shape index (κ2) is 11.1. The highest BCUT2D eigenvalue weighted by molar-refractivity contribution is 5.92. The van der Waals surface area contributed by atoms with Crippen molar-refractivity contribution < 1.29 is 9.59 Å². The normalized spacial score (nSPS) is 22.9. The number of amides is 4. The summed E-state index contributed by atoms with van der Waals surface area (Å²) in [5.74, 6) is -3.17. The summed E-state index contributed by atoms with van der Waals surface area (Å²) in [5.41, 5.74) is 1.62. The Morgan fingerprint density at radius 2 is 0.842 bits per heavy atom. The van der Waals surface area contributed by atoms with E-state index in [9.17, 15) is 9.59 Å². The number of hydrogen-bond acceptors (Lipinski definition) is 4. The van der Waals surface area contributed by atoms with Crippen molar-refractivity contribution >= 4 is 24.5 Å². The van der Waals surface area contributed by atoms with E-state index in [4.69, 9.17) is 9.98 Å². The van der Waals surface area contributed by atoms with Crippen LogP contribution in [0.2, 0.25) is 0 Å². The summed E-state index contributed by atoms with van der Waals surface area (Å²) in [7, 11) is 0. The number of urea groups is 2. The van der Waals surface area contributed by atoms with Crippen LogP contribution < -0.4 is 0 Å². The summed E-state index contributed by atoms with van der Waals surface area (Å²) >= 11 is 0. The zero-order valence-electron chi connectivity index (χ0n) is 21.4. The van der Waals surface area contributed by atoms with Crippen LogP contribution in [-0.4, -0.2) is 81.8 Å². The average molecular weight is 509 g/mol. The minimum Gasteiger partial charge on any atom is -0.273 e. The number of carbonyl (C=O) groups excluding carboxylic acids is 2. The third-order valence-corrected chi connectivity index (χ3v) is 6.51. The van der Waals surface area contributed by atoms with Crippen molar-refractivity contribution in [1.29, 1.82) is 0 Å². The number of hydrogen-bond donors (Lipinski definition) is 0. The van der Waals surface area contributed by atoms with E-state index in [-0.39, 0.29) is 38.2 Å².